The first-order valence-corrected chi connectivity index (χ1v) is 8.60. The van der Waals surface area contributed by atoms with Crippen LogP contribution in [0.1, 0.15) is 47.2 Å². The molecule has 0 saturated carbocycles. The van der Waals surface area contributed by atoms with Gasteiger partial charge in [0, 0.05) is 23.0 Å². The first kappa shape index (κ1) is 19.1. The van der Waals surface area contributed by atoms with Crippen molar-refractivity contribution in [1.29, 1.82) is 0 Å². The van der Waals surface area contributed by atoms with Crippen LogP contribution in [0.5, 0.6) is 0 Å². The van der Waals surface area contributed by atoms with E-state index in [0.29, 0.717) is 10.6 Å². The molecule has 1 amide bonds. The van der Waals surface area contributed by atoms with Crippen molar-refractivity contribution in [1.82, 2.24) is 9.88 Å². The average molecular weight is 363 g/mol. The Balaban J connectivity index is 1.91. The molecule has 2 rings (SSSR count). The number of nitrogens with one attached hydrogen (secondary N) is 1. The lowest BCUT2D eigenvalue weighted by atomic mass is 10.1. The molecule has 0 aliphatic carbocycles. The minimum absolute atomic E-state index is 0.200. The van der Waals surface area contributed by atoms with Gasteiger partial charge in [0.15, 0.2) is 6.61 Å². The summed E-state index contributed by atoms with van der Waals surface area (Å²) in [5.74, 6) is -0.831. The van der Waals surface area contributed by atoms with Crippen molar-refractivity contribution in [2.45, 2.75) is 40.3 Å². The Morgan fingerprint density at radius 2 is 1.88 bits per heavy atom. The van der Waals surface area contributed by atoms with Gasteiger partial charge in [-0.1, -0.05) is 23.7 Å². The van der Waals surface area contributed by atoms with E-state index >= 15 is 0 Å². The molecule has 0 spiro atoms. The van der Waals surface area contributed by atoms with E-state index in [1.807, 2.05) is 44.4 Å². The third kappa shape index (κ3) is 4.63. The molecule has 0 unspecified atom stereocenters. The number of amides is 1. The molecule has 1 aromatic heterocycles. The lowest BCUT2D eigenvalue weighted by molar-refractivity contribution is -0.124. The molecular formula is C19H23ClN2O3. The minimum atomic E-state index is -0.484. The summed E-state index contributed by atoms with van der Waals surface area (Å²) in [4.78, 5) is 24.2. The van der Waals surface area contributed by atoms with Crippen LogP contribution in [0.2, 0.25) is 5.02 Å². The fourth-order valence-corrected chi connectivity index (χ4v) is 2.95. The van der Waals surface area contributed by atoms with Crippen LogP contribution in [0, 0.1) is 13.8 Å². The summed E-state index contributed by atoms with van der Waals surface area (Å²) < 4.78 is 7.18. The summed E-state index contributed by atoms with van der Waals surface area (Å²) in [7, 11) is 0. The molecule has 134 valence electrons. The molecular weight excluding hydrogens is 340 g/mol. The van der Waals surface area contributed by atoms with Gasteiger partial charge in [-0.2, -0.15) is 0 Å². The van der Waals surface area contributed by atoms with E-state index < -0.39 is 5.97 Å². The molecule has 0 aliphatic rings. The highest BCUT2D eigenvalue weighted by atomic mass is 35.5. The topological polar surface area (TPSA) is 60.3 Å². The molecule has 0 fully saturated rings. The number of benzene rings is 1. The highest BCUT2D eigenvalue weighted by Crippen LogP contribution is 2.17. The maximum Gasteiger partial charge on any atom is 0.340 e. The number of hydrogen-bond donors (Lipinski definition) is 1. The van der Waals surface area contributed by atoms with Gasteiger partial charge in [0.25, 0.3) is 5.91 Å². The number of hydrogen-bond acceptors (Lipinski definition) is 3. The Hall–Kier alpha value is -2.27. The maximum atomic E-state index is 12.2. The van der Waals surface area contributed by atoms with Gasteiger partial charge < -0.3 is 14.6 Å². The molecule has 0 bridgehead atoms. The predicted octanol–water partition coefficient (Wildman–Crippen LogP) is 3.81. The minimum Gasteiger partial charge on any atom is -0.452 e. The van der Waals surface area contributed by atoms with Gasteiger partial charge in [0.05, 0.1) is 11.6 Å². The summed E-state index contributed by atoms with van der Waals surface area (Å²) in [6.07, 6.45) is 0. The molecule has 1 N–H and O–H groups in total. The molecule has 0 aliphatic heterocycles. The van der Waals surface area contributed by atoms with Crippen molar-refractivity contribution < 1.29 is 14.3 Å². The highest BCUT2D eigenvalue weighted by Gasteiger charge is 2.18. The molecule has 6 heteroatoms. The van der Waals surface area contributed by atoms with Crippen LogP contribution in [0.15, 0.2) is 30.3 Å². The lowest BCUT2D eigenvalue weighted by Crippen LogP contribution is -2.31. The standard InChI is InChI=1S/C19H23ClN2O3/c1-5-22-12(2)10-17(14(22)4)19(24)25-11-18(23)21-13(3)15-6-8-16(20)9-7-15/h6-10,13H,5,11H2,1-4H3,(H,21,23)/t13-/m0/s1. The van der Waals surface area contributed by atoms with Gasteiger partial charge in [0.1, 0.15) is 0 Å². The first-order valence-electron chi connectivity index (χ1n) is 8.22. The Morgan fingerprint density at radius 1 is 1.24 bits per heavy atom. The van der Waals surface area contributed by atoms with Crippen molar-refractivity contribution in [3.8, 4) is 0 Å². The Bertz CT molecular complexity index is 766. The summed E-state index contributed by atoms with van der Waals surface area (Å²) in [5, 5.41) is 3.44. The van der Waals surface area contributed by atoms with Crippen molar-refractivity contribution >= 4 is 23.5 Å². The quantitative estimate of drug-likeness (QED) is 0.795. The van der Waals surface area contributed by atoms with E-state index in [-0.39, 0.29) is 18.6 Å². The second-order valence-corrected chi connectivity index (χ2v) is 6.38. The number of halogens is 1. The van der Waals surface area contributed by atoms with Gasteiger partial charge in [-0.15, -0.1) is 0 Å². The molecule has 1 heterocycles. The van der Waals surface area contributed by atoms with Crippen LogP contribution in [0.25, 0.3) is 0 Å². The van der Waals surface area contributed by atoms with E-state index in [9.17, 15) is 9.59 Å². The Kier molecular flexibility index (Phi) is 6.26. The zero-order valence-corrected chi connectivity index (χ0v) is 15.7. The molecule has 1 aromatic carbocycles. The monoisotopic (exact) mass is 362 g/mol. The second kappa shape index (κ2) is 8.21. The summed E-state index contributed by atoms with van der Waals surface area (Å²) >= 11 is 5.85. The van der Waals surface area contributed by atoms with Gasteiger partial charge >= 0.3 is 5.97 Å². The van der Waals surface area contributed by atoms with Crippen LogP contribution in [0.4, 0.5) is 0 Å². The number of carbonyl (C=O) groups is 2. The number of ether oxygens (including phenoxy) is 1. The molecule has 2 aromatic rings. The van der Waals surface area contributed by atoms with E-state index in [1.165, 1.54) is 0 Å². The highest BCUT2D eigenvalue weighted by molar-refractivity contribution is 6.30. The lowest BCUT2D eigenvalue weighted by Gasteiger charge is -2.14. The van der Waals surface area contributed by atoms with Gasteiger partial charge in [-0.3, -0.25) is 4.79 Å². The first-order chi connectivity index (χ1) is 11.8. The maximum absolute atomic E-state index is 12.2. The van der Waals surface area contributed by atoms with E-state index in [1.54, 1.807) is 18.2 Å². The summed E-state index contributed by atoms with van der Waals surface area (Å²) in [5.41, 5.74) is 3.26. The number of aromatic nitrogens is 1. The third-order valence-electron chi connectivity index (χ3n) is 4.19. The van der Waals surface area contributed by atoms with E-state index in [4.69, 9.17) is 16.3 Å². The fraction of sp³-hybridized carbons (Fsp3) is 0.368. The molecule has 25 heavy (non-hydrogen) atoms. The van der Waals surface area contributed by atoms with Crippen LogP contribution < -0.4 is 5.32 Å². The number of aryl methyl sites for hydroxylation is 1. The van der Waals surface area contributed by atoms with Gasteiger partial charge in [0.2, 0.25) is 0 Å². The molecule has 1 atom stereocenters. The van der Waals surface area contributed by atoms with Crippen LogP contribution >= 0.6 is 11.6 Å². The van der Waals surface area contributed by atoms with Crippen molar-refractivity contribution in [2.75, 3.05) is 6.61 Å². The number of nitrogens with zero attached hydrogens (tertiary/aromatic N) is 1. The average Bonchev–Trinajstić information content (AvgIpc) is 2.87. The van der Waals surface area contributed by atoms with Crippen LogP contribution in [0.3, 0.4) is 0 Å². The SMILES string of the molecule is CCn1c(C)cc(C(=O)OCC(=O)N[C@@H](C)c2ccc(Cl)cc2)c1C. The normalized spacial score (nSPS) is 11.9. The van der Waals surface area contributed by atoms with E-state index in [2.05, 4.69) is 5.32 Å². The van der Waals surface area contributed by atoms with Crippen LogP contribution in [-0.2, 0) is 16.1 Å². The van der Waals surface area contributed by atoms with Crippen LogP contribution in [-0.4, -0.2) is 23.1 Å². The van der Waals surface area contributed by atoms with Gasteiger partial charge in [-0.05, 0) is 51.5 Å². The number of rotatable bonds is 6. The second-order valence-electron chi connectivity index (χ2n) is 5.95. The van der Waals surface area contributed by atoms with E-state index in [0.717, 1.165) is 23.5 Å². The molecule has 0 saturated heterocycles. The molecule has 5 nitrogen and oxygen atoms in total. The largest absolute Gasteiger partial charge is 0.452 e. The summed E-state index contributed by atoms with van der Waals surface area (Å²) in [6, 6.07) is 8.81. The van der Waals surface area contributed by atoms with Gasteiger partial charge in [-0.25, -0.2) is 4.79 Å². The third-order valence-corrected chi connectivity index (χ3v) is 4.44. The van der Waals surface area contributed by atoms with Crippen molar-refractivity contribution in [3.05, 3.63) is 57.9 Å². The Labute approximate surface area is 152 Å². The van der Waals surface area contributed by atoms with Crippen molar-refractivity contribution in [3.63, 3.8) is 0 Å². The molecule has 0 radical (unpaired) electrons. The number of carbonyl (C=O) groups excluding carboxylic acids is 2. The smallest absolute Gasteiger partial charge is 0.340 e. The van der Waals surface area contributed by atoms with Crippen molar-refractivity contribution in [2.24, 2.45) is 0 Å². The predicted molar refractivity (Wildman–Crippen MR) is 97.9 cm³/mol. The Morgan fingerprint density at radius 3 is 2.44 bits per heavy atom. The zero-order valence-electron chi connectivity index (χ0n) is 14.9. The summed E-state index contributed by atoms with van der Waals surface area (Å²) in [6.45, 7) is 8.15. The zero-order chi connectivity index (χ0) is 18.6. The fourth-order valence-electron chi connectivity index (χ4n) is 2.82. The number of esters is 1.